The van der Waals surface area contributed by atoms with Crippen molar-refractivity contribution in [2.75, 3.05) is 14.2 Å². The van der Waals surface area contributed by atoms with Crippen LogP contribution in [0.15, 0.2) is 21.7 Å². The highest BCUT2D eigenvalue weighted by Crippen LogP contribution is 2.24. The number of methoxy groups -OCH3 is 1. The molecule has 2 rings (SSSR count). The van der Waals surface area contributed by atoms with E-state index in [0.29, 0.717) is 12.2 Å². The SMILES string of the molecule is COc1c(C)cc(CN(C)C(=O)Cc2c(C)[nH]c(=O)[nH]c2=O)cc1C. The van der Waals surface area contributed by atoms with Gasteiger partial charge in [0.15, 0.2) is 0 Å². The summed E-state index contributed by atoms with van der Waals surface area (Å²) in [5.41, 5.74) is 2.58. The number of hydrogen-bond donors (Lipinski definition) is 2. The second kappa shape index (κ2) is 7.38. The molecular weight excluding hydrogens is 322 g/mol. The van der Waals surface area contributed by atoms with E-state index in [1.54, 1.807) is 26.0 Å². The molecule has 0 atom stereocenters. The molecule has 0 spiro atoms. The third-order valence-electron chi connectivity index (χ3n) is 4.15. The van der Waals surface area contributed by atoms with Gasteiger partial charge >= 0.3 is 5.69 Å². The van der Waals surface area contributed by atoms with E-state index in [-0.39, 0.29) is 17.9 Å². The van der Waals surface area contributed by atoms with Gasteiger partial charge in [0.1, 0.15) is 5.75 Å². The van der Waals surface area contributed by atoms with E-state index >= 15 is 0 Å². The fourth-order valence-corrected chi connectivity index (χ4v) is 2.94. The first-order valence-corrected chi connectivity index (χ1v) is 7.93. The zero-order valence-corrected chi connectivity index (χ0v) is 15.1. The summed E-state index contributed by atoms with van der Waals surface area (Å²) in [5, 5.41) is 0. The lowest BCUT2D eigenvalue weighted by atomic mass is 10.0. The Hall–Kier alpha value is -2.83. The third-order valence-corrected chi connectivity index (χ3v) is 4.15. The smallest absolute Gasteiger partial charge is 0.325 e. The van der Waals surface area contributed by atoms with Gasteiger partial charge in [-0.25, -0.2) is 4.79 Å². The molecular formula is C18H23N3O4. The van der Waals surface area contributed by atoms with Crippen LogP contribution < -0.4 is 16.0 Å². The molecule has 0 aliphatic carbocycles. The maximum atomic E-state index is 12.5. The highest BCUT2D eigenvalue weighted by atomic mass is 16.5. The van der Waals surface area contributed by atoms with Crippen LogP contribution in [0.1, 0.15) is 27.9 Å². The number of carbonyl (C=O) groups excluding carboxylic acids is 1. The standard InChI is InChI=1S/C18H23N3O4/c1-10-6-13(7-11(2)16(10)25-5)9-21(4)15(22)8-14-12(3)19-18(24)20-17(14)23/h6-7H,8-9H2,1-5H3,(H2,19,20,23,24). The molecule has 7 heteroatoms. The Bertz CT molecular complexity index is 888. The van der Waals surface area contributed by atoms with Crippen molar-refractivity contribution in [2.24, 2.45) is 0 Å². The summed E-state index contributed by atoms with van der Waals surface area (Å²) in [4.78, 5) is 41.8. The third kappa shape index (κ3) is 4.17. The van der Waals surface area contributed by atoms with Crippen LogP contribution in [-0.4, -0.2) is 34.9 Å². The van der Waals surface area contributed by atoms with E-state index in [1.165, 1.54) is 0 Å². The molecule has 0 radical (unpaired) electrons. The molecule has 1 aromatic carbocycles. The molecule has 0 unspecified atom stereocenters. The van der Waals surface area contributed by atoms with Gasteiger partial charge in [-0.05, 0) is 37.5 Å². The first kappa shape index (κ1) is 18.5. The van der Waals surface area contributed by atoms with Crippen LogP contribution in [-0.2, 0) is 17.8 Å². The van der Waals surface area contributed by atoms with Crippen molar-refractivity contribution in [3.8, 4) is 5.75 Å². The molecule has 0 saturated heterocycles. The Kier molecular flexibility index (Phi) is 5.46. The van der Waals surface area contributed by atoms with Crippen molar-refractivity contribution in [3.63, 3.8) is 0 Å². The Morgan fingerprint density at radius 1 is 1.12 bits per heavy atom. The molecule has 0 bridgehead atoms. The van der Waals surface area contributed by atoms with Gasteiger partial charge in [0.05, 0.1) is 13.5 Å². The summed E-state index contributed by atoms with van der Waals surface area (Å²) in [6.45, 7) is 5.95. The van der Waals surface area contributed by atoms with Crippen LogP contribution in [0.2, 0.25) is 0 Å². The van der Waals surface area contributed by atoms with Crippen LogP contribution in [0, 0.1) is 20.8 Å². The first-order chi connectivity index (χ1) is 11.7. The minimum absolute atomic E-state index is 0.0669. The molecule has 1 heterocycles. The number of hydrogen-bond acceptors (Lipinski definition) is 4. The summed E-state index contributed by atoms with van der Waals surface area (Å²) in [7, 11) is 3.32. The first-order valence-electron chi connectivity index (χ1n) is 7.93. The predicted molar refractivity (Wildman–Crippen MR) is 95.1 cm³/mol. The van der Waals surface area contributed by atoms with Gasteiger partial charge in [-0.15, -0.1) is 0 Å². The number of H-pyrrole nitrogens is 2. The molecule has 0 aliphatic rings. The van der Waals surface area contributed by atoms with Crippen molar-refractivity contribution < 1.29 is 9.53 Å². The number of likely N-dealkylation sites (N-methyl/N-ethyl adjacent to an activating group) is 1. The van der Waals surface area contributed by atoms with Crippen LogP contribution in [0.3, 0.4) is 0 Å². The Morgan fingerprint density at radius 2 is 1.72 bits per heavy atom. The highest BCUT2D eigenvalue weighted by Gasteiger charge is 2.16. The molecule has 1 amide bonds. The number of aromatic amines is 2. The van der Waals surface area contributed by atoms with E-state index in [1.807, 2.05) is 26.0 Å². The molecule has 1 aromatic heterocycles. The number of amides is 1. The van der Waals surface area contributed by atoms with Crippen molar-refractivity contribution in [1.29, 1.82) is 0 Å². The number of benzene rings is 1. The van der Waals surface area contributed by atoms with E-state index in [4.69, 9.17) is 4.74 Å². The number of aryl methyl sites for hydroxylation is 3. The lowest BCUT2D eigenvalue weighted by Gasteiger charge is -2.19. The average Bonchev–Trinajstić information content (AvgIpc) is 2.50. The van der Waals surface area contributed by atoms with Crippen molar-refractivity contribution >= 4 is 5.91 Å². The maximum Gasteiger partial charge on any atom is 0.325 e. The van der Waals surface area contributed by atoms with Gasteiger partial charge in [-0.2, -0.15) is 0 Å². The molecule has 2 aromatic rings. The minimum Gasteiger partial charge on any atom is -0.496 e. The largest absolute Gasteiger partial charge is 0.496 e. The number of carbonyl (C=O) groups is 1. The maximum absolute atomic E-state index is 12.5. The van der Waals surface area contributed by atoms with Gasteiger partial charge < -0.3 is 14.6 Å². The molecule has 2 N–H and O–H groups in total. The lowest BCUT2D eigenvalue weighted by molar-refractivity contribution is -0.129. The zero-order chi connectivity index (χ0) is 18.7. The van der Waals surface area contributed by atoms with Crippen molar-refractivity contribution in [3.05, 3.63) is 60.9 Å². The normalized spacial score (nSPS) is 10.6. The van der Waals surface area contributed by atoms with Gasteiger partial charge in [0.2, 0.25) is 5.91 Å². The second-order valence-electron chi connectivity index (χ2n) is 6.20. The average molecular weight is 345 g/mol. The Balaban J connectivity index is 2.16. The number of ether oxygens (including phenoxy) is 1. The van der Waals surface area contributed by atoms with Gasteiger partial charge in [0.25, 0.3) is 5.56 Å². The zero-order valence-electron chi connectivity index (χ0n) is 15.1. The summed E-state index contributed by atoms with van der Waals surface area (Å²) in [5.74, 6) is 0.639. The highest BCUT2D eigenvalue weighted by molar-refractivity contribution is 5.78. The summed E-state index contributed by atoms with van der Waals surface area (Å²) >= 11 is 0. The predicted octanol–water partition coefficient (Wildman–Crippen LogP) is 1.20. The number of rotatable bonds is 5. The van der Waals surface area contributed by atoms with Gasteiger partial charge in [-0.3, -0.25) is 14.6 Å². The molecule has 0 aliphatic heterocycles. The van der Waals surface area contributed by atoms with Crippen LogP contribution >= 0.6 is 0 Å². The fourth-order valence-electron chi connectivity index (χ4n) is 2.94. The lowest BCUT2D eigenvalue weighted by Crippen LogP contribution is -2.33. The van der Waals surface area contributed by atoms with Gasteiger partial charge in [0, 0.05) is 24.8 Å². The van der Waals surface area contributed by atoms with Crippen LogP contribution in [0.5, 0.6) is 5.75 Å². The van der Waals surface area contributed by atoms with E-state index < -0.39 is 11.2 Å². The Labute approximate surface area is 145 Å². The number of aromatic nitrogens is 2. The summed E-state index contributed by atoms with van der Waals surface area (Å²) in [6.07, 6.45) is -0.0669. The van der Waals surface area contributed by atoms with Crippen LogP contribution in [0.4, 0.5) is 0 Å². The van der Waals surface area contributed by atoms with Crippen molar-refractivity contribution in [2.45, 2.75) is 33.7 Å². The van der Waals surface area contributed by atoms with E-state index in [0.717, 1.165) is 22.4 Å². The van der Waals surface area contributed by atoms with Crippen molar-refractivity contribution in [1.82, 2.24) is 14.9 Å². The van der Waals surface area contributed by atoms with E-state index in [9.17, 15) is 14.4 Å². The molecule has 0 saturated carbocycles. The molecule has 0 fully saturated rings. The molecule has 7 nitrogen and oxygen atoms in total. The second-order valence-corrected chi connectivity index (χ2v) is 6.20. The van der Waals surface area contributed by atoms with E-state index in [2.05, 4.69) is 9.97 Å². The topological polar surface area (TPSA) is 95.3 Å². The number of nitrogens with zero attached hydrogens (tertiary/aromatic N) is 1. The minimum atomic E-state index is -0.573. The molecule has 25 heavy (non-hydrogen) atoms. The number of nitrogens with one attached hydrogen (secondary N) is 2. The molecule has 134 valence electrons. The quantitative estimate of drug-likeness (QED) is 0.851. The fraction of sp³-hybridized carbons (Fsp3) is 0.389. The summed E-state index contributed by atoms with van der Waals surface area (Å²) < 4.78 is 5.35. The van der Waals surface area contributed by atoms with Crippen LogP contribution in [0.25, 0.3) is 0 Å². The Morgan fingerprint density at radius 3 is 2.24 bits per heavy atom. The summed E-state index contributed by atoms with van der Waals surface area (Å²) in [6, 6.07) is 3.96. The van der Waals surface area contributed by atoms with Gasteiger partial charge in [-0.1, -0.05) is 12.1 Å². The monoisotopic (exact) mass is 345 g/mol.